The topological polar surface area (TPSA) is 118 Å². The van der Waals surface area contributed by atoms with Crippen molar-refractivity contribution in [2.75, 3.05) is 11.9 Å². The number of phenolic OH excluding ortho intramolecular Hbond substituents is 1. The maximum absolute atomic E-state index is 10.9. The van der Waals surface area contributed by atoms with Gasteiger partial charge in [-0.25, -0.2) is 0 Å². The van der Waals surface area contributed by atoms with Crippen LogP contribution in [0.15, 0.2) is 18.2 Å². The van der Waals surface area contributed by atoms with E-state index in [0.717, 1.165) is 6.07 Å². The smallest absolute Gasteiger partial charge is 0.273 e. The molecule has 1 amide bonds. The number of nitro groups is 1. The van der Waals surface area contributed by atoms with Gasteiger partial charge in [-0.1, -0.05) is 0 Å². The number of phenols is 1. The Hall–Kier alpha value is -2.15. The predicted molar refractivity (Wildman–Crippen MR) is 52.4 cm³/mol. The van der Waals surface area contributed by atoms with Crippen LogP contribution in [0.1, 0.15) is 0 Å². The molecule has 0 saturated heterocycles. The minimum atomic E-state index is -0.645. The molecule has 1 aromatic carbocycles. The molecule has 0 saturated carbocycles. The molecule has 4 N–H and O–H groups in total. The van der Waals surface area contributed by atoms with Crippen LogP contribution < -0.4 is 11.1 Å². The van der Waals surface area contributed by atoms with Crippen molar-refractivity contribution >= 4 is 17.3 Å². The Morgan fingerprint density at radius 3 is 2.73 bits per heavy atom. The van der Waals surface area contributed by atoms with Crippen LogP contribution in [-0.4, -0.2) is 22.5 Å². The second-order valence-corrected chi connectivity index (χ2v) is 2.71. The van der Waals surface area contributed by atoms with Crippen LogP contribution in [0.3, 0.4) is 0 Å². The van der Waals surface area contributed by atoms with Gasteiger partial charge in [-0.3, -0.25) is 14.9 Å². The standard InChI is InChI=1S/C8H9N3O4/c9-4-8(13)10-6-2-1-5(11(14)15)3-7(6)12/h1-3,12H,4,9H2,(H,10,13). The molecule has 0 fully saturated rings. The van der Waals surface area contributed by atoms with Crippen molar-refractivity contribution in [3.8, 4) is 5.75 Å². The lowest BCUT2D eigenvalue weighted by molar-refractivity contribution is -0.384. The van der Waals surface area contributed by atoms with Crippen LogP contribution in [0.5, 0.6) is 5.75 Å². The number of amides is 1. The molecule has 0 aliphatic carbocycles. The van der Waals surface area contributed by atoms with E-state index in [4.69, 9.17) is 5.73 Å². The van der Waals surface area contributed by atoms with E-state index in [1.807, 2.05) is 0 Å². The van der Waals surface area contributed by atoms with Gasteiger partial charge in [0.1, 0.15) is 5.75 Å². The zero-order valence-corrected chi connectivity index (χ0v) is 7.64. The number of non-ortho nitro benzene ring substituents is 1. The number of anilines is 1. The second kappa shape index (κ2) is 4.38. The van der Waals surface area contributed by atoms with E-state index in [1.165, 1.54) is 12.1 Å². The maximum atomic E-state index is 10.9. The summed E-state index contributed by atoms with van der Waals surface area (Å²) in [6.45, 7) is -0.226. The summed E-state index contributed by atoms with van der Waals surface area (Å²) in [4.78, 5) is 20.6. The minimum Gasteiger partial charge on any atom is -0.506 e. The summed E-state index contributed by atoms with van der Waals surface area (Å²) < 4.78 is 0. The lowest BCUT2D eigenvalue weighted by Crippen LogP contribution is -2.21. The molecule has 1 rings (SSSR count). The number of rotatable bonds is 3. The number of carbonyl (C=O) groups is 1. The first-order valence-corrected chi connectivity index (χ1v) is 4.02. The van der Waals surface area contributed by atoms with Gasteiger partial charge in [-0.2, -0.15) is 0 Å². The Kier molecular flexibility index (Phi) is 3.19. The maximum Gasteiger partial charge on any atom is 0.273 e. The van der Waals surface area contributed by atoms with Gasteiger partial charge in [0.2, 0.25) is 5.91 Å². The van der Waals surface area contributed by atoms with Gasteiger partial charge in [0, 0.05) is 6.07 Å². The van der Waals surface area contributed by atoms with E-state index in [9.17, 15) is 20.0 Å². The number of nitrogens with one attached hydrogen (secondary N) is 1. The van der Waals surface area contributed by atoms with Crippen LogP contribution in [-0.2, 0) is 4.79 Å². The molecule has 0 radical (unpaired) electrons. The minimum absolute atomic E-state index is 0.0936. The SMILES string of the molecule is NCC(=O)Nc1ccc([N+](=O)[O-])cc1O. The molecule has 0 heterocycles. The van der Waals surface area contributed by atoms with E-state index in [-0.39, 0.29) is 23.7 Å². The van der Waals surface area contributed by atoms with E-state index >= 15 is 0 Å². The summed E-state index contributed by atoms with van der Waals surface area (Å²) in [7, 11) is 0. The third-order valence-corrected chi connectivity index (χ3v) is 1.65. The molecular formula is C8H9N3O4. The van der Waals surface area contributed by atoms with Gasteiger partial charge in [0.15, 0.2) is 0 Å². The van der Waals surface area contributed by atoms with Gasteiger partial charge < -0.3 is 16.2 Å². The molecule has 0 aliphatic rings. The highest BCUT2D eigenvalue weighted by molar-refractivity contribution is 5.93. The lowest BCUT2D eigenvalue weighted by Gasteiger charge is -2.05. The Labute approximate surface area is 84.7 Å². The summed E-state index contributed by atoms with van der Waals surface area (Å²) >= 11 is 0. The third-order valence-electron chi connectivity index (χ3n) is 1.65. The number of nitrogens with zero attached hydrogens (tertiary/aromatic N) is 1. The number of hydrogen-bond donors (Lipinski definition) is 3. The first-order valence-electron chi connectivity index (χ1n) is 4.02. The molecule has 0 unspecified atom stereocenters. The predicted octanol–water partition coefficient (Wildman–Crippen LogP) is 0.198. The molecule has 80 valence electrons. The summed E-state index contributed by atoms with van der Waals surface area (Å²) in [5.74, 6) is -0.856. The van der Waals surface area contributed by atoms with Crippen molar-refractivity contribution in [3.63, 3.8) is 0 Å². The molecule has 7 heteroatoms. The third kappa shape index (κ3) is 2.64. The molecule has 7 nitrogen and oxygen atoms in total. The first kappa shape index (κ1) is 10.9. The molecule has 0 atom stereocenters. The Bertz CT molecular complexity index is 405. The van der Waals surface area contributed by atoms with Crippen molar-refractivity contribution in [3.05, 3.63) is 28.3 Å². The van der Waals surface area contributed by atoms with Crippen molar-refractivity contribution < 1.29 is 14.8 Å². The van der Waals surface area contributed by atoms with Crippen LogP contribution in [0.25, 0.3) is 0 Å². The molecular weight excluding hydrogens is 202 g/mol. The summed E-state index contributed by atoms with van der Waals surface area (Å²) in [6.07, 6.45) is 0. The number of aromatic hydroxyl groups is 1. The lowest BCUT2D eigenvalue weighted by atomic mass is 10.2. The highest BCUT2D eigenvalue weighted by Gasteiger charge is 2.11. The zero-order chi connectivity index (χ0) is 11.4. The van der Waals surface area contributed by atoms with E-state index in [1.54, 1.807) is 0 Å². The van der Waals surface area contributed by atoms with Crippen LogP contribution in [0.2, 0.25) is 0 Å². The Morgan fingerprint density at radius 1 is 1.60 bits per heavy atom. The average molecular weight is 211 g/mol. The molecule has 0 spiro atoms. The zero-order valence-electron chi connectivity index (χ0n) is 7.64. The largest absolute Gasteiger partial charge is 0.506 e. The molecule has 15 heavy (non-hydrogen) atoms. The van der Waals surface area contributed by atoms with Gasteiger partial charge in [-0.15, -0.1) is 0 Å². The number of benzene rings is 1. The fraction of sp³-hybridized carbons (Fsp3) is 0.125. The van der Waals surface area contributed by atoms with Gasteiger partial charge >= 0.3 is 0 Å². The van der Waals surface area contributed by atoms with Crippen molar-refractivity contribution in [2.24, 2.45) is 5.73 Å². The Morgan fingerprint density at radius 2 is 2.27 bits per heavy atom. The first-order chi connectivity index (χ1) is 7.04. The van der Waals surface area contributed by atoms with Crippen molar-refractivity contribution in [2.45, 2.75) is 0 Å². The second-order valence-electron chi connectivity index (χ2n) is 2.71. The monoisotopic (exact) mass is 211 g/mol. The summed E-state index contributed by atoms with van der Waals surface area (Å²) in [5.41, 5.74) is 4.89. The fourth-order valence-corrected chi connectivity index (χ4v) is 0.941. The van der Waals surface area contributed by atoms with E-state index in [0.29, 0.717) is 0 Å². The summed E-state index contributed by atoms with van der Waals surface area (Å²) in [6, 6.07) is 3.36. The van der Waals surface area contributed by atoms with Gasteiger partial charge in [0.05, 0.1) is 23.2 Å². The number of nitrogens with two attached hydrogens (primary N) is 1. The van der Waals surface area contributed by atoms with Crippen molar-refractivity contribution in [1.29, 1.82) is 0 Å². The van der Waals surface area contributed by atoms with Gasteiger partial charge in [0.25, 0.3) is 5.69 Å². The van der Waals surface area contributed by atoms with Gasteiger partial charge in [-0.05, 0) is 6.07 Å². The van der Waals surface area contributed by atoms with Crippen LogP contribution in [0, 0.1) is 10.1 Å². The van der Waals surface area contributed by atoms with Crippen LogP contribution >= 0.6 is 0 Å². The molecule has 1 aromatic rings. The molecule has 0 bridgehead atoms. The Balaban J connectivity index is 2.93. The number of carbonyl (C=O) groups excluding carboxylic acids is 1. The normalized spacial score (nSPS) is 9.67. The number of hydrogen-bond acceptors (Lipinski definition) is 5. The van der Waals surface area contributed by atoms with E-state index < -0.39 is 10.8 Å². The number of nitro benzene ring substituents is 1. The highest BCUT2D eigenvalue weighted by atomic mass is 16.6. The quantitative estimate of drug-likeness (QED) is 0.375. The van der Waals surface area contributed by atoms with Crippen LogP contribution in [0.4, 0.5) is 11.4 Å². The fourth-order valence-electron chi connectivity index (χ4n) is 0.941. The molecule has 0 aromatic heterocycles. The highest BCUT2D eigenvalue weighted by Crippen LogP contribution is 2.27. The average Bonchev–Trinajstić information content (AvgIpc) is 2.20. The summed E-state index contributed by atoms with van der Waals surface area (Å²) in [5, 5.41) is 21.9. The van der Waals surface area contributed by atoms with Crippen molar-refractivity contribution in [1.82, 2.24) is 0 Å². The van der Waals surface area contributed by atoms with E-state index in [2.05, 4.69) is 5.32 Å². The molecule has 0 aliphatic heterocycles.